The number of halogens is 3. The number of ether oxygens (including phenoxy) is 2. The van der Waals surface area contributed by atoms with Crippen LogP contribution in [0.1, 0.15) is 21.5 Å². The highest BCUT2D eigenvalue weighted by atomic mass is 19.4. The predicted octanol–water partition coefficient (Wildman–Crippen LogP) is 4.07. The molecule has 0 atom stereocenters. The van der Waals surface area contributed by atoms with Gasteiger partial charge in [-0.15, -0.1) is 0 Å². The zero-order valence-corrected chi connectivity index (χ0v) is 11.7. The molecule has 0 radical (unpaired) electrons. The van der Waals surface area contributed by atoms with Gasteiger partial charge in [-0.25, -0.2) is 4.79 Å². The van der Waals surface area contributed by atoms with Crippen molar-refractivity contribution in [3.63, 3.8) is 0 Å². The fourth-order valence-corrected chi connectivity index (χ4v) is 1.84. The van der Waals surface area contributed by atoms with Crippen LogP contribution in [0.25, 0.3) is 0 Å². The second kappa shape index (κ2) is 6.51. The summed E-state index contributed by atoms with van der Waals surface area (Å²) in [6.45, 7) is -0.0239. The summed E-state index contributed by atoms with van der Waals surface area (Å²) < 4.78 is 47.5. The summed E-state index contributed by atoms with van der Waals surface area (Å²) in [6, 6.07) is 10.9. The smallest absolute Gasteiger partial charge is 0.416 e. The Kier molecular flexibility index (Phi) is 4.70. The third-order valence-corrected chi connectivity index (χ3v) is 3.00. The van der Waals surface area contributed by atoms with Gasteiger partial charge >= 0.3 is 12.1 Å². The summed E-state index contributed by atoms with van der Waals surface area (Å²) in [5, 5.41) is 0. The van der Waals surface area contributed by atoms with E-state index in [1.165, 1.54) is 7.11 Å². The van der Waals surface area contributed by atoms with Crippen molar-refractivity contribution in [3.05, 3.63) is 65.2 Å². The molecule has 0 aliphatic heterocycles. The Balaban J connectivity index is 2.03. The van der Waals surface area contributed by atoms with Gasteiger partial charge in [0.05, 0.1) is 18.2 Å². The van der Waals surface area contributed by atoms with Crippen molar-refractivity contribution in [3.8, 4) is 5.75 Å². The van der Waals surface area contributed by atoms with Crippen molar-refractivity contribution in [1.82, 2.24) is 0 Å². The van der Waals surface area contributed by atoms with Crippen LogP contribution in [-0.4, -0.2) is 13.1 Å². The van der Waals surface area contributed by atoms with Crippen LogP contribution < -0.4 is 4.74 Å². The largest absolute Gasteiger partial charge is 0.496 e. The minimum Gasteiger partial charge on any atom is -0.496 e. The molecule has 0 aliphatic carbocycles. The lowest BCUT2D eigenvalue weighted by atomic mass is 10.1. The zero-order valence-electron chi connectivity index (χ0n) is 11.7. The van der Waals surface area contributed by atoms with Gasteiger partial charge in [0.25, 0.3) is 0 Å². The molecule has 2 rings (SSSR count). The van der Waals surface area contributed by atoms with Crippen LogP contribution in [0.2, 0.25) is 0 Å². The SMILES string of the molecule is COc1ccccc1COC(=O)c1ccc(C(F)(F)F)cc1. The number of para-hydroxylation sites is 1. The molecule has 0 heterocycles. The maximum absolute atomic E-state index is 12.4. The fourth-order valence-electron chi connectivity index (χ4n) is 1.84. The molecular formula is C16H13F3O3. The summed E-state index contributed by atoms with van der Waals surface area (Å²) in [4.78, 5) is 11.8. The maximum Gasteiger partial charge on any atom is 0.416 e. The average molecular weight is 310 g/mol. The highest BCUT2D eigenvalue weighted by Gasteiger charge is 2.30. The van der Waals surface area contributed by atoms with Crippen LogP contribution in [0.15, 0.2) is 48.5 Å². The summed E-state index contributed by atoms with van der Waals surface area (Å²) in [5.74, 6) is -0.123. The molecule has 0 N–H and O–H groups in total. The monoisotopic (exact) mass is 310 g/mol. The molecule has 2 aromatic rings. The van der Waals surface area contributed by atoms with Crippen molar-refractivity contribution in [1.29, 1.82) is 0 Å². The molecule has 0 unspecified atom stereocenters. The molecule has 22 heavy (non-hydrogen) atoms. The van der Waals surface area contributed by atoms with E-state index in [1.807, 2.05) is 0 Å². The molecule has 0 saturated carbocycles. The van der Waals surface area contributed by atoms with Crippen LogP contribution in [0.3, 0.4) is 0 Å². The molecule has 0 bridgehead atoms. The molecular weight excluding hydrogens is 297 g/mol. The third kappa shape index (κ3) is 3.78. The fraction of sp³-hybridized carbons (Fsp3) is 0.188. The summed E-state index contributed by atoms with van der Waals surface area (Å²) >= 11 is 0. The number of benzene rings is 2. The molecule has 0 spiro atoms. The normalized spacial score (nSPS) is 11.1. The number of carbonyl (C=O) groups excluding carboxylic acids is 1. The quantitative estimate of drug-likeness (QED) is 0.799. The lowest BCUT2D eigenvalue weighted by Gasteiger charge is -2.10. The first-order valence-corrected chi connectivity index (χ1v) is 6.38. The van der Waals surface area contributed by atoms with Crippen molar-refractivity contribution >= 4 is 5.97 Å². The van der Waals surface area contributed by atoms with Crippen LogP contribution in [-0.2, 0) is 17.5 Å². The first-order valence-electron chi connectivity index (χ1n) is 6.38. The Labute approximate surface area is 125 Å². The minimum absolute atomic E-state index is 0.0239. The van der Waals surface area contributed by atoms with Crippen LogP contribution in [0.4, 0.5) is 13.2 Å². The summed E-state index contributed by atoms with van der Waals surface area (Å²) in [5.41, 5.74) is -0.0815. The van der Waals surface area contributed by atoms with Crippen molar-refractivity contribution < 1.29 is 27.4 Å². The van der Waals surface area contributed by atoms with Gasteiger partial charge in [0, 0.05) is 5.56 Å². The second-order valence-corrected chi connectivity index (χ2v) is 4.46. The number of hydrogen-bond acceptors (Lipinski definition) is 3. The van der Waals surface area contributed by atoms with Gasteiger partial charge in [-0.05, 0) is 30.3 Å². The Bertz CT molecular complexity index is 648. The van der Waals surface area contributed by atoms with Gasteiger partial charge in [-0.3, -0.25) is 0 Å². The minimum atomic E-state index is -4.43. The topological polar surface area (TPSA) is 35.5 Å². The van der Waals surface area contributed by atoms with Gasteiger partial charge in [-0.2, -0.15) is 13.2 Å². The molecule has 0 aliphatic rings. The molecule has 116 valence electrons. The van der Waals surface area contributed by atoms with E-state index in [0.717, 1.165) is 24.3 Å². The number of carbonyl (C=O) groups is 1. The number of alkyl halides is 3. The highest BCUT2D eigenvalue weighted by Crippen LogP contribution is 2.29. The molecule has 0 amide bonds. The van der Waals surface area contributed by atoms with Gasteiger partial charge in [-0.1, -0.05) is 18.2 Å². The summed E-state index contributed by atoms with van der Waals surface area (Å²) in [7, 11) is 1.50. The van der Waals surface area contributed by atoms with E-state index in [2.05, 4.69) is 0 Å². The van der Waals surface area contributed by atoms with Gasteiger partial charge in [0.2, 0.25) is 0 Å². The van der Waals surface area contributed by atoms with E-state index in [1.54, 1.807) is 24.3 Å². The van der Waals surface area contributed by atoms with Crippen LogP contribution in [0.5, 0.6) is 5.75 Å². The van der Waals surface area contributed by atoms with E-state index in [0.29, 0.717) is 11.3 Å². The Morgan fingerprint density at radius 3 is 2.27 bits per heavy atom. The molecule has 0 aromatic heterocycles. The van der Waals surface area contributed by atoms with Crippen molar-refractivity contribution in [2.75, 3.05) is 7.11 Å². The van der Waals surface area contributed by atoms with E-state index in [4.69, 9.17) is 9.47 Å². The Hall–Kier alpha value is -2.50. The summed E-state index contributed by atoms with van der Waals surface area (Å²) in [6.07, 6.45) is -4.43. The molecule has 6 heteroatoms. The molecule has 0 saturated heterocycles. The van der Waals surface area contributed by atoms with Gasteiger partial charge in [0.15, 0.2) is 0 Å². The van der Waals surface area contributed by atoms with Gasteiger partial charge < -0.3 is 9.47 Å². The van der Waals surface area contributed by atoms with Crippen LogP contribution >= 0.6 is 0 Å². The predicted molar refractivity (Wildman–Crippen MR) is 73.6 cm³/mol. The van der Waals surface area contributed by atoms with E-state index < -0.39 is 17.7 Å². The molecule has 0 fully saturated rings. The van der Waals surface area contributed by atoms with Gasteiger partial charge in [0.1, 0.15) is 12.4 Å². The molecule has 3 nitrogen and oxygen atoms in total. The number of methoxy groups -OCH3 is 1. The molecule has 2 aromatic carbocycles. The van der Waals surface area contributed by atoms with Crippen molar-refractivity contribution in [2.24, 2.45) is 0 Å². The lowest BCUT2D eigenvalue weighted by molar-refractivity contribution is -0.137. The third-order valence-electron chi connectivity index (χ3n) is 3.00. The van der Waals surface area contributed by atoms with Crippen LogP contribution in [0, 0.1) is 0 Å². The average Bonchev–Trinajstić information content (AvgIpc) is 2.52. The lowest BCUT2D eigenvalue weighted by Crippen LogP contribution is -2.08. The van der Waals surface area contributed by atoms with E-state index in [-0.39, 0.29) is 12.2 Å². The zero-order chi connectivity index (χ0) is 16.2. The van der Waals surface area contributed by atoms with E-state index in [9.17, 15) is 18.0 Å². The maximum atomic E-state index is 12.4. The number of esters is 1. The number of rotatable bonds is 4. The Morgan fingerprint density at radius 1 is 1.05 bits per heavy atom. The van der Waals surface area contributed by atoms with E-state index >= 15 is 0 Å². The Morgan fingerprint density at radius 2 is 1.68 bits per heavy atom. The highest BCUT2D eigenvalue weighted by molar-refractivity contribution is 5.89. The standard InChI is InChI=1S/C16H13F3O3/c1-21-14-5-3-2-4-12(14)10-22-15(20)11-6-8-13(9-7-11)16(17,18)19/h2-9H,10H2,1H3. The number of hydrogen-bond donors (Lipinski definition) is 0. The first kappa shape index (κ1) is 15.9. The second-order valence-electron chi connectivity index (χ2n) is 4.46. The first-order chi connectivity index (χ1) is 10.4. The van der Waals surface area contributed by atoms with Crippen molar-refractivity contribution in [2.45, 2.75) is 12.8 Å².